The van der Waals surface area contributed by atoms with Gasteiger partial charge in [-0.15, -0.1) is 0 Å². The second-order valence-corrected chi connectivity index (χ2v) is 6.26. The summed E-state index contributed by atoms with van der Waals surface area (Å²) in [6, 6.07) is 7.96. The van der Waals surface area contributed by atoms with E-state index in [0.29, 0.717) is 22.8 Å². The minimum Gasteiger partial charge on any atom is -0.497 e. The lowest BCUT2D eigenvalue weighted by Gasteiger charge is -2.10. The van der Waals surface area contributed by atoms with Crippen molar-refractivity contribution >= 4 is 28.9 Å². The van der Waals surface area contributed by atoms with Gasteiger partial charge in [-0.1, -0.05) is 23.7 Å². The van der Waals surface area contributed by atoms with Crippen LogP contribution in [0.1, 0.15) is 32.9 Å². The molecule has 3 aromatic rings. The summed E-state index contributed by atoms with van der Waals surface area (Å²) in [6.45, 7) is 6.56. The van der Waals surface area contributed by atoms with E-state index in [1.54, 1.807) is 7.11 Å². The molecule has 0 bridgehead atoms. The van der Waals surface area contributed by atoms with E-state index in [0.717, 1.165) is 39.9 Å². The highest BCUT2D eigenvalue weighted by Gasteiger charge is 2.19. The first-order valence-corrected chi connectivity index (χ1v) is 8.09. The summed E-state index contributed by atoms with van der Waals surface area (Å²) in [5, 5.41) is 1.34. The molecule has 124 valence electrons. The van der Waals surface area contributed by atoms with E-state index >= 15 is 0 Å². The van der Waals surface area contributed by atoms with Crippen LogP contribution in [0.3, 0.4) is 0 Å². The lowest BCUT2D eigenvalue weighted by atomic mass is 10.1. The average Bonchev–Trinajstić information content (AvgIpc) is 2.80. The number of aryl methyl sites for hydroxylation is 2. The third-order valence-corrected chi connectivity index (χ3v) is 4.93. The summed E-state index contributed by atoms with van der Waals surface area (Å²) in [4.78, 5) is 15.9. The Balaban J connectivity index is 2.17. The van der Waals surface area contributed by atoms with Gasteiger partial charge in [-0.05, 0) is 44.0 Å². The number of carbonyl (C=O) groups is 1. The van der Waals surface area contributed by atoms with Crippen LogP contribution in [0.15, 0.2) is 24.3 Å². The Morgan fingerprint density at radius 1 is 1.21 bits per heavy atom. The molecule has 3 rings (SSSR count). The van der Waals surface area contributed by atoms with Crippen LogP contribution in [-0.2, 0) is 6.54 Å². The topological polar surface area (TPSA) is 44.1 Å². The molecule has 0 aliphatic heterocycles. The Morgan fingerprint density at radius 2 is 1.88 bits per heavy atom. The van der Waals surface area contributed by atoms with Crippen LogP contribution in [0, 0.1) is 20.8 Å². The van der Waals surface area contributed by atoms with Crippen molar-refractivity contribution in [2.75, 3.05) is 7.11 Å². The predicted octanol–water partition coefficient (Wildman–Crippen LogP) is 4.48. The van der Waals surface area contributed by atoms with Gasteiger partial charge in [0.25, 0.3) is 0 Å². The first kappa shape index (κ1) is 16.5. The van der Waals surface area contributed by atoms with Crippen molar-refractivity contribution in [2.24, 2.45) is 0 Å². The van der Waals surface area contributed by atoms with Gasteiger partial charge in [0.2, 0.25) is 0 Å². The Kier molecular flexibility index (Phi) is 4.33. The Morgan fingerprint density at radius 3 is 2.46 bits per heavy atom. The highest BCUT2D eigenvalue weighted by atomic mass is 35.5. The van der Waals surface area contributed by atoms with Crippen molar-refractivity contribution in [1.82, 2.24) is 9.55 Å². The normalized spacial score (nSPS) is 11.0. The number of carbonyl (C=O) groups excluding carboxylic acids is 1. The maximum absolute atomic E-state index is 11.3. The molecule has 1 aromatic carbocycles. The molecule has 5 heteroatoms. The molecule has 0 fully saturated rings. The van der Waals surface area contributed by atoms with Gasteiger partial charge in [-0.3, -0.25) is 4.79 Å². The molecule has 0 aliphatic carbocycles. The average molecular weight is 343 g/mol. The maximum Gasteiger partial charge on any atom is 0.153 e. The molecule has 0 saturated carbocycles. The summed E-state index contributed by atoms with van der Waals surface area (Å²) in [5.41, 5.74) is 5.22. The number of hydrogen-bond donors (Lipinski definition) is 0. The monoisotopic (exact) mass is 342 g/mol. The van der Waals surface area contributed by atoms with E-state index in [9.17, 15) is 4.79 Å². The number of ether oxygens (including phenoxy) is 1. The second kappa shape index (κ2) is 6.29. The fourth-order valence-corrected chi connectivity index (χ4v) is 3.39. The number of hydrogen-bond acceptors (Lipinski definition) is 3. The zero-order valence-corrected chi connectivity index (χ0v) is 14.9. The van der Waals surface area contributed by atoms with Crippen LogP contribution >= 0.6 is 11.6 Å². The Hall–Kier alpha value is -2.33. The third kappa shape index (κ3) is 2.57. The van der Waals surface area contributed by atoms with Gasteiger partial charge in [0, 0.05) is 17.6 Å². The van der Waals surface area contributed by atoms with Crippen LogP contribution < -0.4 is 4.74 Å². The van der Waals surface area contributed by atoms with Crippen LogP contribution in [0.4, 0.5) is 0 Å². The SMILES string of the molecule is COc1ccc(Cn2c(C)c(C)c3c(Cl)c(C=O)c(C)nc32)cc1. The molecule has 0 spiro atoms. The second-order valence-electron chi connectivity index (χ2n) is 5.89. The highest BCUT2D eigenvalue weighted by molar-refractivity contribution is 6.38. The summed E-state index contributed by atoms with van der Waals surface area (Å²) in [6.07, 6.45) is 0.777. The molecule has 2 aromatic heterocycles. The first-order valence-electron chi connectivity index (χ1n) is 7.71. The molecule has 0 atom stereocenters. The quantitative estimate of drug-likeness (QED) is 0.656. The molecular formula is C19H19ClN2O2. The lowest BCUT2D eigenvalue weighted by Crippen LogP contribution is -2.04. The van der Waals surface area contributed by atoms with Crippen molar-refractivity contribution in [1.29, 1.82) is 0 Å². The van der Waals surface area contributed by atoms with E-state index in [4.69, 9.17) is 16.3 Å². The van der Waals surface area contributed by atoms with Gasteiger partial charge in [0.1, 0.15) is 11.4 Å². The van der Waals surface area contributed by atoms with Gasteiger partial charge in [0.05, 0.1) is 23.4 Å². The fraction of sp³-hybridized carbons (Fsp3) is 0.263. The Bertz CT molecular complexity index is 927. The molecule has 24 heavy (non-hydrogen) atoms. The number of benzene rings is 1. The highest BCUT2D eigenvalue weighted by Crippen LogP contribution is 2.33. The zero-order chi connectivity index (χ0) is 17.4. The molecule has 0 unspecified atom stereocenters. The van der Waals surface area contributed by atoms with E-state index < -0.39 is 0 Å². The van der Waals surface area contributed by atoms with Gasteiger partial charge in [-0.25, -0.2) is 4.98 Å². The van der Waals surface area contributed by atoms with Crippen LogP contribution in [0.25, 0.3) is 11.0 Å². The third-order valence-electron chi connectivity index (χ3n) is 4.54. The molecule has 0 aliphatic rings. The number of aldehydes is 1. The smallest absolute Gasteiger partial charge is 0.153 e. The fourth-order valence-electron chi connectivity index (χ4n) is 2.98. The summed E-state index contributed by atoms with van der Waals surface area (Å²) in [5.74, 6) is 0.830. The van der Waals surface area contributed by atoms with Gasteiger partial charge in [-0.2, -0.15) is 0 Å². The number of aromatic nitrogens is 2. The molecule has 0 amide bonds. The van der Waals surface area contributed by atoms with E-state index in [1.165, 1.54) is 0 Å². The summed E-state index contributed by atoms with van der Waals surface area (Å²) in [7, 11) is 1.65. The van der Waals surface area contributed by atoms with Crippen molar-refractivity contribution in [2.45, 2.75) is 27.3 Å². The Labute approximate surface area is 146 Å². The number of nitrogens with zero attached hydrogens (tertiary/aromatic N) is 2. The van der Waals surface area contributed by atoms with Gasteiger partial charge < -0.3 is 9.30 Å². The van der Waals surface area contributed by atoms with Gasteiger partial charge in [0.15, 0.2) is 6.29 Å². The number of pyridine rings is 1. The number of methoxy groups -OCH3 is 1. The van der Waals surface area contributed by atoms with E-state index in [2.05, 4.69) is 9.55 Å². The number of halogens is 1. The van der Waals surface area contributed by atoms with Crippen LogP contribution in [-0.4, -0.2) is 22.9 Å². The van der Waals surface area contributed by atoms with Crippen molar-refractivity contribution in [3.63, 3.8) is 0 Å². The minimum absolute atomic E-state index is 0.467. The maximum atomic E-state index is 11.3. The van der Waals surface area contributed by atoms with Gasteiger partial charge >= 0.3 is 0 Å². The zero-order valence-electron chi connectivity index (χ0n) is 14.2. The number of rotatable bonds is 4. The number of fused-ring (bicyclic) bond motifs is 1. The molecular weight excluding hydrogens is 324 g/mol. The molecule has 4 nitrogen and oxygen atoms in total. The molecule has 0 saturated heterocycles. The van der Waals surface area contributed by atoms with E-state index in [1.807, 2.05) is 45.0 Å². The lowest BCUT2D eigenvalue weighted by molar-refractivity contribution is 0.112. The van der Waals surface area contributed by atoms with Crippen LogP contribution in [0.5, 0.6) is 5.75 Å². The summed E-state index contributed by atoms with van der Waals surface area (Å²) >= 11 is 6.48. The van der Waals surface area contributed by atoms with Crippen molar-refractivity contribution in [3.8, 4) is 5.75 Å². The standard InChI is InChI=1S/C19H19ClN2O2/c1-11-13(3)22(9-14-5-7-15(24-4)8-6-14)19-17(11)18(20)16(10-23)12(2)21-19/h5-8,10H,9H2,1-4H3. The largest absolute Gasteiger partial charge is 0.497 e. The summed E-state index contributed by atoms with van der Waals surface area (Å²) < 4.78 is 7.34. The van der Waals surface area contributed by atoms with E-state index in [-0.39, 0.29) is 0 Å². The van der Waals surface area contributed by atoms with Crippen molar-refractivity contribution in [3.05, 3.63) is 57.4 Å². The minimum atomic E-state index is 0.467. The first-order chi connectivity index (χ1) is 11.5. The van der Waals surface area contributed by atoms with Crippen LogP contribution in [0.2, 0.25) is 5.02 Å². The predicted molar refractivity (Wildman–Crippen MR) is 96.4 cm³/mol. The molecule has 0 radical (unpaired) electrons. The molecule has 2 heterocycles. The molecule has 0 N–H and O–H groups in total. The van der Waals surface area contributed by atoms with Crippen molar-refractivity contribution < 1.29 is 9.53 Å².